The number of aromatic nitrogens is 1. The lowest BCUT2D eigenvalue weighted by atomic mass is 9.70. The van der Waals surface area contributed by atoms with Crippen LogP contribution in [-0.4, -0.2) is 4.57 Å². The van der Waals surface area contributed by atoms with E-state index in [0.29, 0.717) is 0 Å². The molecule has 1 spiro atoms. The van der Waals surface area contributed by atoms with Crippen LogP contribution in [0.15, 0.2) is 176 Å². The first kappa shape index (κ1) is 27.6. The molecule has 0 aliphatic heterocycles. The molecule has 10 aromatic rings. The van der Waals surface area contributed by atoms with Crippen LogP contribution >= 0.6 is 11.3 Å². The summed E-state index contributed by atoms with van der Waals surface area (Å²) in [5, 5.41) is 5.31. The molecular formula is C49H29NS. The molecule has 0 atom stereocenters. The van der Waals surface area contributed by atoms with Crippen molar-refractivity contribution in [2.24, 2.45) is 0 Å². The molecule has 2 heteroatoms. The Bertz CT molecular complexity index is 3040. The summed E-state index contributed by atoms with van der Waals surface area (Å²) >= 11 is 1.91. The Morgan fingerprint density at radius 1 is 0.392 bits per heavy atom. The summed E-state index contributed by atoms with van der Waals surface area (Å²) in [5.41, 5.74) is 16.6. The Hall–Kier alpha value is -6.22. The third-order valence-electron chi connectivity index (χ3n) is 11.6. The van der Waals surface area contributed by atoms with E-state index in [2.05, 4.69) is 180 Å². The number of rotatable bonds is 2. The van der Waals surface area contributed by atoms with E-state index >= 15 is 0 Å². The second kappa shape index (κ2) is 9.94. The zero-order valence-electron chi connectivity index (χ0n) is 27.6. The first-order chi connectivity index (χ1) is 25.3. The van der Waals surface area contributed by atoms with Gasteiger partial charge in [-0.3, -0.25) is 0 Å². The van der Waals surface area contributed by atoms with Gasteiger partial charge in [-0.25, -0.2) is 0 Å². The quantitative estimate of drug-likeness (QED) is 0.173. The van der Waals surface area contributed by atoms with Gasteiger partial charge < -0.3 is 4.57 Å². The molecule has 0 saturated heterocycles. The maximum atomic E-state index is 2.49. The summed E-state index contributed by atoms with van der Waals surface area (Å²) in [7, 11) is 0. The fraction of sp³-hybridized carbons (Fsp3) is 0.0204. The predicted molar refractivity (Wildman–Crippen MR) is 215 cm³/mol. The van der Waals surface area contributed by atoms with Crippen molar-refractivity contribution < 1.29 is 0 Å². The Morgan fingerprint density at radius 2 is 1.00 bits per heavy atom. The SMILES string of the molecule is c1cc(-c2ccc3c(c2)C2(c4ccccc4-c4ccccc42)c2ccccc2-3)cc(-n2c3ccccc3c3c4sc5ccccc5c4ccc32)c1. The number of para-hydroxylation sites is 1. The molecule has 0 N–H and O–H groups in total. The third-order valence-corrected chi connectivity index (χ3v) is 12.8. The summed E-state index contributed by atoms with van der Waals surface area (Å²) in [6.45, 7) is 0. The highest BCUT2D eigenvalue weighted by molar-refractivity contribution is 7.26. The van der Waals surface area contributed by atoms with E-state index in [-0.39, 0.29) is 5.41 Å². The molecule has 0 radical (unpaired) electrons. The van der Waals surface area contributed by atoms with Crippen molar-refractivity contribution in [2.75, 3.05) is 0 Å². The van der Waals surface area contributed by atoms with Gasteiger partial charge in [0, 0.05) is 36.6 Å². The van der Waals surface area contributed by atoms with Crippen LogP contribution in [0.5, 0.6) is 0 Å². The van der Waals surface area contributed by atoms with Crippen LogP contribution in [0.3, 0.4) is 0 Å². The van der Waals surface area contributed by atoms with E-state index in [1.807, 2.05) is 11.3 Å². The van der Waals surface area contributed by atoms with Gasteiger partial charge in [-0.05, 0) is 92.0 Å². The second-order valence-corrected chi connectivity index (χ2v) is 15.0. The third kappa shape index (κ3) is 3.45. The minimum Gasteiger partial charge on any atom is -0.309 e. The van der Waals surface area contributed by atoms with Gasteiger partial charge in [0.1, 0.15) is 0 Å². The first-order valence-corrected chi connectivity index (χ1v) is 18.5. The maximum Gasteiger partial charge on any atom is 0.0725 e. The fourth-order valence-corrected chi connectivity index (χ4v) is 10.9. The smallest absolute Gasteiger partial charge is 0.0725 e. The van der Waals surface area contributed by atoms with Gasteiger partial charge in [0.2, 0.25) is 0 Å². The highest BCUT2D eigenvalue weighted by Crippen LogP contribution is 2.63. The van der Waals surface area contributed by atoms with E-state index in [4.69, 9.17) is 0 Å². The molecule has 0 unspecified atom stereocenters. The van der Waals surface area contributed by atoms with Crippen molar-refractivity contribution in [1.29, 1.82) is 0 Å². The lowest BCUT2D eigenvalue weighted by Crippen LogP contribution is -2.25. The predicted octanol–water partition coefficient (Wildman–Crippen LogP) is 13.2. The van der Waals surface area contributed by atoms with Crippen molar-refractivity contribution in [1.82, 2.24) is 4.57 Å². The van der Waals surface area contributed by atoms with Crippen LogP contribution in [0.2, 0.25) is 0 Å². The van der Waals surface area contributed by atoms with Crippen molar-refractivity contribution in [2.45, 2.75) is 5.41 Å². The van der Waals surface area contributed by atoms with Crippen LogP contribution in [0.25, 0.3) is 81.0 Å². The summed E-state index contributed by atoms with van der Waals surface area (Å²) < 4.78 is 5.16. The molecule has 236 valence electrons. The highest BCUT2D eigenvalue weighted by atomic mass is 32.1. The van der Waals surface area contributed by atoms with E-state index < -0.39 is 0 Å². The van der Waals surface area contributed by atoms with Gasteiger partial charge in [0.25, 0.3) is 0 Å². The Morgan fingerprint density at radius 3 is 1.75 bits per heavy atom. The molecule has 0 amide bonds. The number of benzene rings is 8. The van der Waals surface area contributed by atoms with E-state index in [1.54, 1.807) is 0 Å². The molecule has 2 aliphatic rings. The van der Waals surface area contributed by atoms with Gasteiger partial charge in [-0.15, -0.1) is 11.3 Å². The zero-order chi connectivity index (χ0) is 33.3. The van der Waals surface area contributed by atoms with Crippen LogP contribution < -0.4 is 0 Å². The summed E-state index contributed by atoms with van der Waals surface area (Å²) in [4.78, 5) is 0. The molecule has 0 bridgehead atoms. The monoisotopic (exact) mass is 663 g/mol. The maximum absolute atomic E-state index is 2.49. The van der Waals surface area contributed by atoms with Crippen LogP contribution in [0.1, 0.15) is 22.3 Å². The molecular weight excluding hydrogens is 635 g/mol. The lowest BCUT2D eigenvalue weighted by Gasteiger charge is -2.30. The molecule has 0 saturated carbocycles. The Labute approximate surface area is 299 Å². The van der Waals surface area contributed by atoms with E-state index in [0.717, 1.165) is 0 Å². The molecule has 0 fully saturated rings. The number of fused-ring (bicyclic) bond motifs is 17. The average Bonchev–Trinajstić information content (AvgIpc) is 3.91. The Balaban J connectivity index is 1.09. The number of hydrogen-bond donors (Lipinski definition) is 0. The molecule has 1 nitrogen and oxygen atoms in total. The molecule has 2 heterocycles. The number of thiophene rings is 1. The minimum absolute atomic E-state index is 0.352. The number of nitrogens with zero attached hydrogens (tertiary/aromatic N) is 1. The van der Waals surface area contributed by atoms with Crippen molar-refractivity contribution >= 4 is 53.3 Å². The van der Waals surface area contributed by atoms with Crippen LogP contribution in [0.4, 0.5) is 0 Å². The summed E-state index contributed by atoms with van der Waals surface area (Å²) in [6, 6.07) is 65.8. The molecule has 12 rings (SSSR count). The number of hydrogen-bond acceptors (Lipinski definition) is 1. The van der Waals surface area contributed by atoms with Gasteiger partial charge >= 0.3 is 0 Å². The standard InChI is InChI=1S/C49H29NS/c1-6-19-40-33(14-1)34-15-2-7-20-41(34)49(40)42-21-8-3-16-35(42)36-25-24-31(29-43(36)49)30-12-11-13-32(28-30)50-44-22-9-4-18-39(44)47-45(50)27-26-38-37-17-5-10-23-46(37)51-48(38)47/h1-29H. The summed E-state index contributed by atoms with van der Waals surface area (Å²) in [6.07, 6.45) is 0. The van der Waals surface area contributed by atoms with Gasteiger partial charge in [0.05, 0.1) is 16.4 Å². The second-order valence-electron chi connectivity index (χ2n) is 14.0. The largest absolute Gasteiger partial charge is 0.309 e. The van der Waals surface area contributed by atoms with Gasteiger partial charge in [0.15, 0.2) is 0 Å². The van der Waals surface area contributed by atoms with E-state index in [1.165, 1.54) is 103 Å². The first-order valence-electron chi connectivity index (χ1n) is 17.7. The molecule has 2 aliphatic carbocycles. The zero-order valence-corrected chi connectivity index (χ0v) is 28.4. The lowest BCUT2D eigenvalue weighted by molar-refractivity contribution is 0.794. The average molecular weight is 664 g/mol. The van der Waals surface area contributed by atoms with E-state index in [9.17, 15) is 0 Å². The van der Waals surface area contributed by atoms with Crippen LogP contribution in [0, 0.1) is 0 Å². The fourth-order valence-electron chi connectivity index (χ4n) is 9.61. The minimum atomic E-state index is -0.352. The topological polar surface area (TPSA) is 4.93 Å². The summed E-state index contributed by atoms with van der Waals surface area (Å²) in [5.74, 6) is 0. The van der Waals surface area contributed by atoms with Crippen molar-refractivity contribution in [3.8, 4) is 39.1 Å². The molecule has 51 heavy (non-hydrogen) atoms. The van der Waals surface area contributed by atoms with Gasteiger partial charge in [-0.1, -0.05) is 140 Å². The Kier molecular flexibility index (Phi) is 5.38. The molecule has 2 aromatic heterocycles. The van der Waals surface area contributed by atoms with Crippen molar-refractivity contribution in [3.05, 3.63) is 198 Å². The van der Waals surface area contributed by atoms with Crippen LogP contribution in [-0.2, 0) is 5.41 Å². The van der Waals surface area contributed by atoms with Gasteiger partial charge in [-0.2, -0.15) is 0 Å². The highest BCUT2D eigenvalue weighted by Gasteiger charge is 2.51. The normalized spacial score (nSPS) is 13.6. The van der Waals surface area contributed by atoms with Crippen molar-refractivity contribution in [3.63, 3.8) is 0 Å². The molecule has 8 aromatic carbocycles.